The SMILES string of the molecule is CCCCC(CC)COc1ccc([C@@H](C)O)cc1Cl. The zero-order valence-corrected chi connectivity index (χ0v) is 12.9. The van der Waals surface area contributed by atoms with Gasteiger partial charge in [-0.1, -0.05) is 50.8 Å². The molecule has 1 rings (SSSR count). The molecule has 0 radical (unpaired) electrons. The van der Waals surface area contributed by atoms with Crippen molar-refractivity contribution in [3.8, 4) is 5.75 Å². The van der Waals surface area contributed by atoms with E-state index < -0.39 is 6.10 Å². The van der Waals surface area contributed by atoms with Crippen LogP contribution in [-0.2, 0) is 0 Å². The van der Waals surface area contributed by atoms with Crippen molar-refractivity contribution in [2.75, 3.05) is 6.61 Å². The predicted octanol–water partition coefficient (Wildman–Crippen LogP) is 4.99. The van der Waals surface area contributed by atoms with Crippen molar-refractivity contribution in [2.24, 2.45) is 5.92 Å². The molecule has 0 heterocycles. The highest BCUT2D eigenvalue weighted by molar-refractivity contribution is 6.32. The predicted molar refractivity (Wildman–Crippen MR) is 80.9 cm³/mol. The maximum Gasteiger partial charge on any atom is 0.137 e. The van der Waals surface area contributed by atoms with Crippen LogP contribution in [0, 0.1) is 5.92 Å². The lowest BCUT2D eigenvalue weighted by Gasteiger charge is -2.17. The Bertz CT molecular complexity index is 377. The van der Waals surface area contributed by atoms with Gasteiger partial charge in [0, 0.05) is 0 Å². The summed E-state index contributed by atoms with van der Waals surface area (Å²) in [5.41, 5.74) is 0.815. The molecular weight excluding hydrogens is 260 g/mol. The smallest absolute Gasteiger partial charge is 0.137 e. The fourth-order valence-corrected chi connectivity index (χ4v) is 2.24. The van der Waals surface area contributed by atoms with Gasteiger partial charge in [0.15, 0.2) is 0 Å². The van der Waals surface area contributed by atoms with E-state index in [1.807, 2.05) is 12.1 Å². The molecular formula is C16H25ClO2. The monoisotopic (exact) mass is 284 g/mol. The van der Waals surface area contributed by atoms with Gasteiger partial charge >= 0.3 is 0 Å². The van der Waals surface area contributed by atoms with Crippen molar-refractivity contribution in [1.29, 1.82) is 0 Å². The Hall–Kier alpha value is -0.730. The van der Waals surface area contributed by atoms with Crippen molar-refractivity contribution in [3.63, 3.8) is 0 Å². The number of ether oxygens (including phenoxy) is 1. The second-order valence-corrected chi connectivity index (χ2v) is 5.50. The van der Waals surface area contributed by atoms with Gasteiger partial charge in [0.2, 0.25) is 0 Å². The molecule has 0 spiro atoms. The van der Waals surface area contributed by atoms with E-state index in [1.54, 1.807) is 13.0 Å². The van der Waals surface area contributed by atoms with Gasteiger partial charge in [-0.3, -0.25) is 0 Å². The van der Waals surface area contributed by atoms with Crippen molar-refractivity contribution in [1.82, 2.24) is 0 Å². The standard InChI is InChI=1S/C16H25ClO2/c1-4-6-7-13(5-2)11-19-16-9-8-14(12(3)18)10-15(16)17/h8-10,12-13,18H,4-7,11H2,1-3H3/t12-,13?/m1/s1. The van der Waals surface area contributed by atoms with E-state index in [0.29, 0.717) is 23.3 Å². The Morgan fingerprint density at radius 1 is 1.32 bits per heavy atom. The van der Waals surface area contributed by atoms with Crippen molar-refractivity contribution in [2.45, 2.75) is 52.6 Å². The van der Waals surface area contributed by atoms with Gasteiger partial charge in [0.05, 0.1) is 17.7 Å². The Balaban J connectivity index is 2.57. The molecule has 0 saturated heterocycles. The van der Waals surface area contributed by atoms with Crippen LogP contribution in [0.2, 0.25) is 5.02 Å². The molecule has 0 aliphatic heterocycles. The van der Waals surface area contributed by atoms with Crippen LogP contribution in [0.1, 0.15) is 58.1 Å². The number of unbranched alkanes of at least 4 members (excludes halogenated alkanes) is 1. The molecule has 108 valence electrons. The van der Waals surface area contributed by atoms with Gasteiger partial charge in [0.1, 0.15) is 5.75 Å². The van der Waals surface area contributed by atoms with Crippen LogP contribution in [0.15, 0.2) is 18.2 Å². The van der Waals surface area contributed by atoms with Crippen LogP contribution in [0.3, 0.4) is 0 Å². The van der Waals surface area contributed by atoms with Crippen LogP contribution in [0.25, 0.3) is 0 Å². The number of aliphatic hydroxyl groups excluding tert-OH is 1. The molecule has 0 aromatic heterocycles. The summed E-state index contributed by atoms with van der Waals surface area (Å²) in [7, 11) is 0. The average molecular weight is 285 g/mol. The number of benzene rings is 1. The summed E-state index contributed by atoms with van der Waals surface area (Å²) in [5, 5.41) is 10.1. The van der Waals surface area contributed by atoms with E-state index in [4.69, 9.17) is 16.3 Å². The van der Waals surface area contributed by atoms with Gasteiger partial charge in [0.25, 0.3) is 0 Å². The van der Waals surface area contributed by atoms with Crippen LogP contribution < -0.4 is 4.74 Å². The summed E-state index contributed by atoms with van der Waals surface area (Å²) < 4.78 is 5.81. The van der Waals surface area contributed by atoms with E-state index in [1.165, 1.54) is 19.3 Å². The Labute approximate surface area is 121 Å². The Morgan fingerprint density at radius 2 is 2.05 bits per heavy atom. The summed E-state index contributed by atoms with van der Waals surface area (Å²) in [6, 6.07) is 5.48. The first-order valence-corrected chi connectivity index (χ1v) is 7.56. The zero-order chi connectivity index (χ0) is 14.3. The topological polar surface area (TPSA) is 29.5 Å². The lowest BCUT2D eigenvalue weighted by Crippen LogP contribution is -2.11. The average Bonchev–Trinajstić information content (AvgIpc) is 2.40. The highest BCUT2D eigenvalue weighted by Gasteiger charge is 2.10. The van der Waals surface area contributed by atoms with E-state index in [0.717, 1.165) is 12.0 Å². The van der Waals surface area contributed by atoms with Gasteiger partial charge in [-0.05, 0) is 37.0 Å². The van der Waals surface area contributed by atoms with E-state index in [2.05, 4.69) is 13.8 Å². The van der Waals surface area contributed by atoms with Gasteiger partial charge in [-0.15, -0.1) is 0 Å². The molecule has 19 heavy (non-hydrogen) atoms. The minimum absolute atomic E-state index is 0.500. The third-order valence-corrected chi connectivity index (χ3v) is 3.75. The van der Waals surface area contributed by atoms with Crippen molar-refractivity contribution in [3.05, 3.63) is 28.8 Å². The maximum atomic E-state index is 9.49. The number of hydrogen-bond acceptors (Lipinski definition) is 2. The fourth-order valence-electron chi connectivity index (χ4n) is 2.00. The van der Waals surface area contributed by atoms with Crippen LogP contribution in [0.5, 0.6) is 5.75 Å². The molecule has 0 bridgehead atoms. The molecule has 0 aliphatic rings. The quantitative estimate of drug-likeness (QED) is 0.729. The van der Waals surface area contributed by atoms with Crippen LogP contribution in [0.4, 0.5) is 0 Å². The summed E-state index contributed by atoms with van der Waals surface area (Å²) >= 11 is 6.17. The summed E-state index contributed by atoms with van der Waals surface area (Å²) in [4.78, 5) is 0. The molecule has 3 heteroatoms. The Morgan fingerprint density at radius 3 is 2.58 bits per heavy atom. The zero-order valence-electron chi connectivity index (χ0n) is 12.2. The molecule has 1 aromatic rings. The lowest BCUT2D eigenvalue weighted by atomic mass is 10.0. The van der Waals surface area contributed by atoms with Crippen LogP contribution >= 0.6 is 11.6 Å². The number of aliphatic hydroxyl groups is 1. The molecule has 0 amide bonds. The van der Waals surface area contributed by atoms with Crippen molar-refractivity contribution >= 4 is 11.6 Å². The molecule has 1 unspecified atom stereocenters. The number of hydrogen-bond donors (Lipinski definition) is 1. The highest BCUT2D eigenvalue weighted by Crippen LogP contribution is 2.28. The van der Waals surface area contributed by atoms with E-state index in [9.17, 15) is 5.11 Å². The summed E-state index contributed by atoms with van der Waals surface area (Å²) in [5.74, 6) is 1.30. The number of halogens is 1. The lowest BCUT2D eigenvalue weighted by molar-refractivity contribution is 0.199. The minimum atomic E-state index is -0.500. The third kappa shape index (κ3) is 5.42. The fraction of sp³-hybridized carbons (Fsp3) is 0.625. The summed E-state index contributed by atoms with van der Waals surface area (Å²) in [6.45, 7) is 6.84. The first-order valence-electron chi connectivity index (χ1n) is 7.18. The molecule has 2 nitrogen and oxygen atoms in total. The summed E-state index contributed by atoms with van der Waals surface area (Å²) in [6.07, 6.45) is 4.30. The second-order valence-electron chi connectivity index (χ2n) is 5.09. The molecule has 0 fully saturated rings. The minimum Gasteiger partial charge on any atom is -0.492 e. The first kappa shape index (κ1) is 16.3. The van der Waals surface area contributed by atoms with Gasteiger partial charge in [-0.2, -0.15) is 0 Å². The maximum absolute atomic E-state index is 9.49. The molecule has 1 aromatic carbocycles. The van der Waals surface area contributed by atoms with Crippen LogP contribution in [-0.4, -0.2) is 11.7 Å². The van der Waals surface area contributed by atoms with E-state index in [-0.39, 0.29) is 0 Å². The largest absolute Gasteiger partial charge is 0.492 e. The molecule has 0 saturated carbocycles. The second kappa shape index (κ2) is 8.44. The normalized spacial score (nSPS) is 14.2. The molecule has 0 aliphatic carbocycles. The van der Waals surface area contributed by atoms with Gasteiger partial charge < -0.3 is 9.84 Å². The molecule has 2 atom stereocenters. The number of rotatable bonds is 8. The first-order chi connectivity index (χ1) is 9.08. The van der Waals surface area contributed by atoms with Crippen molar-refractivity contribution < 1.29 is 9.84 Å². The highest BCUT2D eigenvalue weighted by atomic mass is 35.5. The molecule has 1 N–H and O–H groups in total. The third-order valence-electron chi connectivity index (χ3n) is 3.46. The van der Waals surface area contributed by atoms with Gasteiger partial charge in [-0.25, -0.2) is 0 Å². The Kier molecular flexibility index (Phi) is 7.25. The van der Waals surface area contributed by atoms with E-state index >= 15 is 0 Å².